The Kier molecular flexibility index (Phi) is 3.51. The van der Waals surface area contributed by atoms with E-state index in [-0.39, 0.29) is 6.08 Å². The fourth-order valence-electron chi connectivity index (χ4n) is 0.895. The molecule has 0 saturated heterocycles. The van der Waals surface area contributed by atoms with E-state index in [0.717, 1.165) is 11.6 Å². The van der Waals surface area contributed by atoms with Gasteiger partial charge in [0.25, 0.3) is 0 Å². The van der Waals surface area contributed by atoms with Gasteiger partial charge in [-0.25, -0.2) is 0 Å². The van der Waals surface area contributed by atoms with Gasteiger partial charge in [-0.3, -0.25) is 0 Å². The Morgan fingerprint density at radius 1 is 0.929 bits per heavy atom. The Balaban J connectivity index is 2.54. The van der Waals surface area contributed by atoms with Gasteiger partial charge in [0.05, 0.1) is 0 Å². The maximum absolute atomic E-state index is 11.7. The van der Waals surface area contributed by atoms with E-state index in [1.807, 2.05) is 30.3 Å². The van der Waals surface area contributed by atoms with Gasteiger partial charge in [0.2, 0.25) is 0 Å². The monoisotopic (exact) mass is 198 g/mol. The molecule has 1 aromatic rings. The summed E-state index contributed by atoms with van der Waals surface area (Å²) in [5.74, 6) is 0. The largest absolute Gasteiger partial charge is 0.409 e. The quantitative estimate of drug-likeness (QED) is 0.634. The van der Waals surface area contributed by atoms with Gasteiger partial charge in [-0.2, -0.15) is 13.2 Å². The summed E-state index contributed by atoms with van der Waals surface area (Å²) in [7, 11) is 0. The zero-order valence-electron chi connectivity index (χ0n) is 7.33. The number of benzene rings is 1. The highest BCUT2D eigenvalue weighted by molar-refractivity contribution is 5.50. The molecule has 0 N–H and O–H groups in total. The number of rotatable bonds is 2. The van der Waals surface area contributed by atoms with Crippen LogP contribution in [0.5, 0.6) is 0 Å². The van der Waals surface area contributed by atoms with Gasteiger partial charge < -0.3 is 0 Å². The topological polar surface area (TPSA) is 0 Å². The molecule has 14 heavy (non-hydrogen) atoms. The summed E-state index contributed by atoms with van der Waals surface area (Å²) in [6.07, 6.45) is -0.0778. The summed E-state index contributed by atoms with van der Waals surface area (Å²) in [5, 5.41) is 0. The van der Waals surface area contributed by atoms with E-state index in [2.05, 4.69) is 0 Å². The van der Waals surface area contributed by atoms with Crippen LogP contribution in [-0.2, 0) is 0 Å². The third-order valence-electron chi connectivity index (χ3n) is 1.48. The van der Waals surface area contributed by atoms with Gasteiger partial charge in [-0.15, -0.1) is 0 Å². The predicted molar refractivity (Wildman–Crippen MR) is 50.7 cm³/mol. The van der Waals surface area contributed by atoms with Gasteiger partial charge in [0, 0.05) is 6.08 Å². The van der Waals surface area contributed by atoms with E-state index in [1.165, 1.54) is 6.08 Å². The number of alkyl halides is 3. The van der Waals surface area contributed by atoms with Crippen LogP contribution in [0.15, 0.2) is 48.6 Å². The van der Waals surface area contributed by atoms with Crippen molar-refractivity contribution in [1.29, 1.82) is 0 Å². The zero-order chi connectivity index (χ0) is 10.4. The summed E-state index contributed by atoms with van der Waals surface area (Å²) < 4.78 is 35.0. The number of hydrogen-bond donors (Lipinski definition) is 0. The van der Waals surface area contributed by atoms with Crippen molar-refractivity contribution in [3.05, 3.63) is 54.1 Å². The fraction of sp³-hybridized carbons (Fsp3) is 0.0909. The second-order valence-corrected chi connectivity index (χ2v) is 2.67. The molecule has 0 aliphatic heterocycles. The molecule has 0 unspecified atom stereocenters. The first-order valence-electron chi connectivity index (χ1n) is 4.05. The molecule has 0 nitrogen and oxygen atoms in total. The molecule has 0 bridgehead atoms. The van der Waals surface area contributed by atoms with E-state index in [0.29, 0.717) is 0 Å². The lowest BCUT2D eigenvalue weighted by Crippen LogP contribution is -1.99. The lowest BCUT2D eigenvalue weighted by atomic mass is 10.2. The molecule has 0 aliphatic carbocycles. The van der Waals surface area contributed by atoms with Crippen molar-refractivity contribution < 1.29 is 13.2 Å². The smallest absolute Gasteiger partial charge is 0.167 e. The first kappa shape index (κ1) is 10.6. The van der Waals surface area contributed by atoms with Crippen LogP contribution in [0.2, 0.25) is 0 Å². The van der Waals surface area contributed by atoms with Gasteiger partial charge >= 0.3 is 6.18 Å². The summed E-state index contributed by atoms with van der Waals surface area (Å²) in [6, 6.07) is 9.14. The Bertz CT molecular complexity index is 320. The highest BCUT2D eigenvalue weighted by atomic mass is 19.4. The van der Waals surface area contributed by atoms with Crippen LogP contribution in [0.1, 0.15) is 5.56 Å². The maximum atomic E-state index is 11.7. The van der Waals surface area contributed by atoms with Crippen molar-refractivity contribution in [2.75, 3.05) is 0 Å². The molecular weight excluding hydrogens is 189 g/mol. The van der Waals surface area contributed by atoms with Crippen LogP contribution >= 0.6 is 0 Å². The van der Waals surface area contributed by atoms with Crippen LogP contribution in [0.4, 0.5) is 13.2 Å². The summed E-state index contributed by atoms with van der Waals surface area (Å²) in [6.45, 7) is 0. The van der Waals surface area contributed by atoms with Crippen molar-refractivity contribution in [3.8, 4) is 0 Å². The Morgan fingerprint density at radius 2 is 1.57 bits per heavy atom. The molecule has 0 amide bonds. The molecule has 74 valence electrons. The standard InChI is InChI=1S/C11H9F3/c12-11(13,14)9-5-4-8-10-6-2-1-3-7-10/h1-9H/b8-4+,9-5+. The van der Waals surface area contributed by atoms with Gasteiger partial charge in [0.15, 0.2) is 0 Å². The first-order valence-corrected chi connectivity index (χ1v) is 4.05. The molecular formula is C11H9F3. The lowest BCUT2D eigenvalue weighted by molar-refractivity contribution is -0.0798. The van der Waals surface area contributed by atoms with Crippen LogP contribution in [0.3, 0.4) is 0 Å². The SMILES string of the molecule is FC(F)(F)/C=C/C=C/c1ccccc1. The van der Waals surface area contributed by atoms with Crippen molar-refractivity contribution >= 4 is 6.08 Å². The molecule has 0 saturated carbocycles. The number of halogens is 3. The Morgan fingerprint density at radius 3 is 2.14 bits per heavy atom. The second-order valence-electron chi connectivity index (χ2n) is 2.67. The van der Waals surface area contributed by atoms with E-state index in [4.69, 9.17) is 0 Å². The Labute approximate surface area is 80.4 Å². The molecule has 1 aromatic carbocycles. The van der Waals surface area contributed by atoms with Crippen molar-refractivity contribution in [3.63, 3.8) is 0 Å². The molecule has 0 heterocycles. The summed E-state index contributed by atoms with van der Waals surface area (Å²) >= 11 is 0. The average molecular weight is 198 g/mol. The maximum Gasteiger partial charge on any atom is 0.409 e. The zero-order valence-corrected chi connectivity index (χ0v) is 7.33. The molecule has 0 aliphatic rings. The fourth-order valence-corrected chi connectivity index (χ4v) is 0.895. The van der Waals surface area contributed by atoms with E-state index in [9.17, 15) is 13.2 Å². The van der Waals surface area contributed by atoms with Crippen LogP contribution in [-0.4, -0.2) is 6.18 Å². The van der Waals surface area contributed by atoms with Gasteiger partial charge in [-0.1, -0.05) is 48.6 Å². The van der Waals surface area contributed by atoms with Gasteiger partial charge in [0.1, 0.15) is 0 Å². The highest BCUT2D eigenvalue weighted by Gasteiger charge is 2.21. The van der Waals surface area contributed by atoms with E-state index < -0.39 is 6.18 Å². The Hall–Kier alpha value is -1.51. The molecule has 3 heteroatoms. The van der Waals surface area contributed by atoms with Gasteiger partial charge in [-0.05, 0) is 5.56 Å². The number of allylic oxidation sites excluding steroid dienone is 3. The summed E-state index contributed by atoms with van der Waals surface area (Å²) in [4.78, 5) is 0. The average Bonchev–Trinajstić information content (AvgIpc) is 2.13. The first-order chi connectivity index (χ1) is 6.58. The third kappa shape index (κ3) is 4.50. The molecule has 0 fully saturated rings. The molecule has 1 rings (SSSR count). The van der Waals surface area contributed by atoms with Crippen molar-refractivity contribution in [2.45, 2.75) is 6.18 Å². The van der Waals surface area contributed by atoms with Crippen LogP contribution in [0, 0.1) is 0 Å². The predicted octanol–water partition coefficient (Wildman–Crippen LogP) is 3.82. The minimum absolute atomic E-state index is 0.201. The molecule has 0 aromatic heterocycles. The van der Waals surface area contributed by atoms with Crippen LogP contribution in [0.25, 0.3) is 6.08 Å². The van der Waals surface area contributed by atoms with E-state index in [1.54, 1.807) is 6.08 Å². The second kappa shape index (κ2) is 4.65. The van der Waals surface area contributed by atoms with Crippen molar-refractivity contribution in [1.82, 2.24) is 0 Å². The number of hydrogen-bond acceptors (Lipinski definition) is 0. The summed E-state index contributed by atoms with van der Waals surface area (Å²) in [5.41, 5.74) is 0.874. The van der Waals surface area contributed by atoms with Crippen LogP contribution < -0.4 is 0 Å². The van der Waals surface area contributed by atoms with Crippen molar-refractivity contribution in [2.24, 2.45) is 0 Å². The molecule has 0 spiro atoms. The minimum atomic E-state index is -4.24. The van der Waals surface area contributed by atoms with E-state index >= 15 is 0 Å². The molecule has 0 radical (unpaired) electrons. The molecule has 0 atom stereocenters. The normalized spacial score (nSPS) is 12.8. The highest BCUT2D eigenvalue weighted by Crippen LogP contribution is 2.15. The minimum Gasteiger partial charge on any atom is -0.167 e. The third-order valence-corrected chi connectivity index (χ3v) is 1.48. The lowest BCUT2D eigenvalue weighted by Gasteiger charge is -1.94.